The van der Waals surface area contributed by atoms with Gasteiger partial charge >= 0.3 is 0 Å². The number of hydrogen-bond acceptors (Lipinski definition) is 4. The van der Waals surface area contributed by atoms with Crippen LogP contribution in [0, 0.1) is 6.92 Å². The second kappa shape index (κ2) is 9.05. The van der Waals surface area contributed by atoms with Gasteiger partial charge < -0.3 is 9.64 Å². The highest BCUT2D eigenvalue weighted by molar-refractivity contribution is 7.91. The summed E-state index contributed by atoms with van der Waals surface area (Å²) in [7, 11) is -1.83. The third-order valence-electron chi connectivity index (χ3n) is 3.90. The molecule has 0 fully saturated rings. The van der Waals surface area contributed by atoms with E-state index in [4.69, 9.17) is 16.3 Å². The van der Waals surface area contributed by atoms with E-state index in [1.807, 2.05) is 6.92 Å². The van der Waals surface area contributed by atoms with E-state index in [9.17, 15) is 13.2 Å². The first-order valence-electron chi connectivity index (χ1n) is 8.20. The molecular weight excluding hydrogens is 374 g/mol. The van der Waals surface area contributed by atoms with Crippen LogP contribution in [0.1, 0.15) is 12.0 Å². The molecule has 0 saturated heterocycles. The summed E-state index contributed by atoms with van der Waals surface area (Å²) < 4.78 is 30.1. The fourth-order valence-electron chi connectivity index (χ4n) is 2.23. The van der Waals surface area contributed by atoms with Crippen molar-refractivity contribution in [3.05, 3.63) is 59.1 Å². The fourth-order valence-corrected chi connectivity index (χ4v) is 3.59. The zero-order chi connectivity index (χ0) is 19.2. The van der Waals surface area contributed by atoms with E-state index in [0.29, 0.717) is 23.9 Å². The van der Waals surface area contributed by atoms with E-state index < -0.39 is 9.84 Å². The fraction of sp³-hybridized carbons (Fsp3) is 0.316. The first kappa shape index (κ1) is 20.3. The maximum atomic E-state index is 12.3. The summed E-state index contributed by atoms with van der Waals surface area (Å²) >= 11 is 5.80. The van der Waals surface area contributed by atoms with Gasteiger partial charge in [-0.15, -0.1) is 0 Å². The van der Waals surface area contributed by atoms with Gasteiger partial charge in [0.05, 0.1) is 17.2 Å². The number of carbonyl (C=O) groups excluding carboxylic acids is 1. The number of sulfone groups is 1. The molecule has 0 aromatic heterocycles. The van der Waals surface area contributed by atoms with Gasteiger partial charge in [0, 0.05) is 18.5 Å². The molecule has 2 aromatic rings. The molecule has 0 atom stereocenters. The van der Waals surface area contributed by atoms with Gasteiger partial charge in [0.15, 0.2) is 9.84 Å². The van der Waals surface area contributed by atoms with Crippen molar-refractivity contribution in [2.45, 2.75) is 18.2 Å². The van der Waals surface area contributed by atoms with E-state index >= 15 is 0 Å². The molecule has 7 heteroatoms. The van der Waals surface area contributed by atoms with Gasteiger partial charge in [-0.25, -0.2) is 8.42 Å². The van der Waals surface area contributed by atoms with Gasteiger partial charge in [-0.05, 0) is 43.3 Å². The molecule has 0 bridgehead atoms. The number of ether oxygens (including phenoxy) is 1. The highest BCUT2D eigenvalue weighted by Crippen LogP contribution is 2.16. The quantitative estimate of drug-likeness (QED) is 0.687. The summed E-state index contributed by atoms with van der Waals surface area (Å²) in [6.45, 7) is 2.57. The minimum absolute atomic E-state index is 0.0619. The van der Waals surface area contributed by atoms with Crippen molar-refractivity contribution in [1.82, 2.24) is 4.90 Å². The monoisotopic (exact) mass is 395 g/mol. The van der Waals surface area contributed by atoms with Crippen molar-refractivity contribution in [3.63, 3.8) is 0 Å². The molecule has 0 radical (unpaired) electrons. The zero-order valence-electron chi connectivity index (χ0n) is 14.8. The first-order valence-corrected chi connectivity index (χ1v) is 10.2. The lowest BCUT2D eigenvalue weighted by molar-refractivity contribution is -0.129. The SMILES string of the molecule is Cc1ccc(S(=O)(=O)CCC(=O)N(C)CCOc2ccc(Cl)cc2)cc1. The number of likely N-dealkylation sites (N-methyl/N-ethyl adjacent to an activating group) is 1. The van der Waals surface area contributed by atoms with Crippen LogP contribution < -0.4 is 4.74 Å². The maximum Gasteiger partial charge on any atom is 0.223 e. The van der Waals surface area contributed by atoms with Gasteiger partial charge in [0.2, 0.25) is 5.91 Å². The predicted octanol–water partition coefficient (Wildman–Crippen LogP) is 3.35. The minimum atomic E-state index is -3.46. The minimum Gasteiger partial charge on any atom is -0.492 e. The normalized spacial score (nSPS) is 11.2. The molecule has 0 spiro atoms. The van der Waals surface area contributed by atoms with E-state index in [2.05, 4.69) is 0 Å². The van der Waals surface area contributed by atoms with Crippen molar-refractivity contribution in [1.29, 1.82) is 0 Å². The Bertz CT molecular complexity index is 833. The van der Waals surface area contributed by atoms with Crippen LogP contribution in [0.2, 0.25) is 5.02 Å². The topological polar surface area (TPSA) is 63.7 Å². The smallest absolute Gasteiger partial charge is 0.223 e. The molecule has 0 aliphatic carbocycles. The second-order valence-electron chi connectivity index (χ2n) is 6.00. The molecule has 2 aromatic carbocycles. The highest BCUT2D eigenvalue weighted by Gasteiger charge is 2.18. The van der Waals surface area contributed by atoms with Gasteiger partial charge in [0.25, 0.3) is 0 Å². The average Bonchev–Trinajstić information content (AvgIpc) is 2.61. The summed E-state index contributed by atoms with van der Waals surface area (Å²) in [5.74, 6) is 0.217. The number of aryl methyl sites for hydroxylation is 1. The van der Waals surface area contributed by atoms with Crippen molar-refractivity contribution < 1.29 is 17.9 Å². The first-order chi connectivity index (χ1) is 12.3. The molecule has 2 rings (SSSR count). The number of amides is 1. The standard InChI is InChI=1S/C19H22ClNO4S/c1-15-3-9-18(10-4-15)26(23,24)14-11-19(22)21(2)12-13-25-17-7-5-16(20)6-8-17/h3-10H,11-14H2,1-2H3. The highest BCUT2D eigenvalue weighted by atomic mass is 35.5. The number of benzene rings is 2. The maximum absolute atomic E-state index is 12.3. The van der Waals surface area contributed by atoms with Crippen molar-refractivity contribution in [2.24, 2.45) is 0 Å². The van der Waals surface area contributed by atoms with Crippen LogP contribution in [0.15, 0.2) is 53.4 Å². The molecular formula is C19H22ClNO4S. The van der Waals surface area contributed by atoms with Crippen LogP contribution in [0.5, 0.6) is 5.75 Å². The Hall–Kier alpha value is -2.05. The van der Waals surface area contributed by atoms with Gasteiger partial charge in [0.1, 0.15) is 12.4 Å². The predicted molar refractivity (Wildman–Crippen MR) is 102 cm³/mol. The molecule has 5 nitrogen and oxygen atoms in total. The number of nitrogens with zero attached hydrogens (tertiary/aromatic N) is 1. The third-order valence-corrected chi connectivity index (χ3v) is 5.88. The lowest BCUT2D eigenvalue weighted by atomic mass is 10.2. The van der Waals surface area contributed by atoms with Crippen molar-refractivity contribution in [3.8, 4) is 5.75 Å². The molecule has 26 heavy (non-hydrogen) atoms. The largest absolute Gasteiger partial charge is 0.492 e. The summed E-state index contributed by atoms with van der Waals surface area (Å²) in [6, 6.07) is 13.6. The lowest BCUT2D eigenvalue weighted by Crippen LogP contribution is -2.32. The molecule has 0 saturated carbocycles. The molecule has 1 amide bonds. The van der Waals surface area contributed by atoms with Crippen LogP contribution in [0.3, 0.4) is 0 Å². The van der Waals surface area contributed by atoms with Crippen LogP contribution >= 0.6 is 11.6 Å². The summed E-state index contributed by atoms with van der Waals surface area (Å²) in [6.07, 6.45) is -0.0619. The molecule has 0 aliphatic rings. The Morgan fingerprint density at radius 1 is 1.08 bits per heavy atom. The van der Waals surface area contributed by atoms with Crippen LogP contribution in [0.25, 0.3) is 0 Å². The number of halogens is 1. The Morgan fingerprint density at radius 2 is 1.69 bits per heavy atom. The number of rotatable bonds is 8. The van der Waals surface area contributed by atoms with Gasteiger partial charge in [-0.1, -0.05) is 29.3 Å². The summed E-state index contributed by atoms with van der Waals surface area (Å²) in [5.41, 5.74) is 0.987. The lowest BCUT2D eigenvalue weighted by Gasteiger charge is -2.17. The molecule has 0 aliphatic heterocycles. The van der Waals surface area contributed by atoms with Crippen LogP contribution in [0.4, 0.5) is 0 Å². The summed E-state index contributed by atoms with van der Waals surface area (Å²) in [5, 5.41) is 0.624. The molecule has 0 N–H and O–H groups in total. The number of hydrogen-bond donors (Lipinski definition) is 0. The van der Waals surface area contributed by atoms with E-state index in [1.54, 1.807) is 55.6 Å². The van der Waals surface area contributed by atoms with Gasteiger partial charge in [-0.2, -0.15) is 0 Å². The molecule has 0 heterocycles. The summed E-state index contributed by atoms with van der Waals surface area (Å²) in [4.78, 5) is 13.9. The Kier molecular flexibility index (Phi) is 7.06. The zero-order valence-corrected chi connectivity index (χ0v) is 16.4. The van der Waals surface area contributed by atoms with Crippen LogP contribution in [-0.4, -0.2) is 45.2 Å². The van der Waals surface area contributed by atoms with Gasteiger partial charge in [-0.3, -0.25) is 4.79 Å². The Balaban J connectivity index is 1.79. The Morgan fingerprint density at radius 3 is 2.31 bits per heavy atom. The molecule has 140 valence electrons. The van der Waals surface area contributed by atoms with Crippen molar-refractivity contribution >= 4 is 27.3 Å². The third kappa shape index (κ3) is 6.04. The second-order valence-corrected chi connectivity index (χ2v) is 8.55. The molecule has 0 unspecified atom stereocenters. The van der Waals surface area contributed by atoms with Crippen molar-refractivity contribution in [2.75, 3.05) is 26.0 Å². The Labute approximate surface area is 159 Å². The van der Waals surface area contributed by atoms with E-state index in [-0.39, 0.29) is 23.0 Å². The average molecular weight is 396 g/mol. The number of carbonyl (C=O) groups is 1. The van der Waals surface area contributed by atoms with Crippen LogP contribution in [-0.2, 0) is 14.6 Å². The van der Waals surface area contributed by atoms with E-state index in [0.717, 1.165) is 5.56 Å². The van der Waals surface area contributed by atoms with E-state index in [1.165, 1.54) is 4.90 Å².